The SMILES string of the molecule is CC(C)(C)OC(=O)N1CCC(C(=O)c2c(Cl)cccc2C(F)(F)F)c2[nH]nc(-c3ccc(C(=O)O)cc3)c21. The average molecular weight is 550 g/mol. The molecule has 200 valence electrons. The molecule has 0 fully saturated rings. The Kier molecular flexibility index (Phi) is 7.00. The van der Waals surface area contributed by atoms with E-state index in [1.807, 2.05) is 0 Å². The molecule has 0 radical (unpaired) electrons. The largest absolute Gasteiger partial charge is 0.478 e. The fourth-order valence-electron chi connectivity index (χ4n) is 4.30. The third-order valence-corrected chi connectivity index (χ3v) is 6.24. The summed E-state index contributed by atoms with van der Waals surface area (Å²) in [5.74, 6) is -3.13. The molecule has 12 heteroatoms. The molecule has 2 aromatic carbocycles. The minimum atomic E-state index is -4.82. The molecule has 1 aromatic heterocycles. The van der Waals surface area contributed by atoms with Gasteiger partial charge in [-0.15, -0.1) is 0 Å². The van der Waals surface area contributed by atoms with Crippen LogP contribution in [0.1, 0.15) is 65.1 Å². The number of H-pyrrole nitrogens is 1. The number of hydrogen-bond donors (Lipinski definition) is 2. The van der Waals surface area contributed by atoms with E-state index in [0.29, 0.717) is 5.56 Å². The van der Waals surface area contributed by atoms with E-state index >= 15 is 0 Å². The van der Waals surface area contributed by atoms with Gasteiger partial charge in [0.15, 0.2) is 5.78 Å². The van der Waals surface area contributed by atoms with Gasteiger partial charge in [-0.2, -0.15) is 18.3 Å². The van der Waals surface area contributed by atoms with Crippen LogP contribution in [0.15, 0.2) is 42.5 Å². The standard InChI is InChI=1S/C26H23ClF3N3O5/c1-25(2,3)38-24(37)33-12-11-15(22(34)18-16(26(28,29)30)5-4-6-17(18)27)20-21(33)19(31-32-20)13-7-9-14(10-8-13)23(35)36/h4-10,15H,11-12H2,1-3H3,(H,31,32)(H,35,36). The van der Waals surface area contributed by atoms with Crippen LogP contribution in [0, 0.1) is 0 Å². The van der Waals surface area contributed by atoms with E-state index in [-0.39, 0.29) is 40.6 Å². The van der Waals surface area contributed by atoms with Crippen molar-refractivity contribution >= 4 is 35.1 Å². The molecule has 1 atom stereocenters. The normalized spacial score (nSPS) is 15.7. The van der Waals surface area contributed by atoms with E-state index in [9.17, 15) is 32.7 Å². The van der Waals surface area contributed by atoms with Gasteiger partial charge in [0.2, 0.25) is 0 Å². The molecule has 0 saturated carbocycles. The van der Waals surface area contributed by atoms with E-state index in [0.717, 1.165) is 12.1 Å². The predicted molar refractivity (Wildman–Crippen MR) is 133 cm³/mol. The number of aromatic amines is 1. The summed E-state index contributed by atoms with van der Waals surface area (Å²) in [5.41, 5.74) is -1.74. The van der Waals surface area contributed by atoms with E-state index in [4.69, 9.17) is 16.3 Å². The average Bonchev–Trinajstić information content (AvgIpc) is 3.26. The highest BCUT2D eigenvalue weighted by Crippen LogP contribution is 2.45. The number of hydrogen-bond acceptors (Lipinski definition) is 5. The van der Waals surface area contributed by atoms with Gasteiger partial charge in [-0.1, -0.05) is 29.8 Å². The molecule has 1 aliphatic rings. The second kappa shape index (κ2) is 9.79. The summed E-state index contributed by atoms with van der Waals surface area (Å²) in [5, 5.41) is 15.9. The number of rotatable bonds is 4. The van der Waals surface area contributed by atoms with Crippen molar-refractivity contribution in [1.82, 2.24) is 10.2 Å². The van der Waals surface area contributed by atoms with Crippen LogP contribution in [-0.4, -0.2) is 45.3 Å². The first-order chi connectivity index (χ1) is 17.7. The van der Waals surface area contributed by atoms with Gasteiger partial charge < -0.3 is 9.84 Å². The van der Waals surface area contributed by atoms with Crippen molar-refractivity contribution in [2.75, 3.05) is 11.4 Å². The number of alkyl halides is 3. The first-order valence-electron chi connectivity index (χ1n) is 11.5. The zero-order chi connectivity index (χ0) is 28.0. The van der Waals surface area contributed by atoms with E-state index in [1.54, 1.807) is 20.8 Å². The first kappa shape index (κ1) is 27.2. The number of ketones is 1. The minimum Gasteiger partial charge on any atom is -0.478 e. The lowest BCUT2D eigenvalue weighted by Crippen LogP contribution is -2.41. The number of benzene rings is 2. The van der Waals surface area contributed by atoms with Gasteiger partial charge in [0.1, 0.15) is 11.3 Å². The van der Waals surface area contributed by atoms with E-state index in [2.05, 4.69) is 10.2 Å². The number of nitrogens with zero attached hydrogens (tertiary/aromatic N) is 2. The second-order valence-corrected chi connectivity index (χ2v) is 10.1. The third-order valence-electron chi connectivity index (χ3n) is 5.93. The summed E-state index contributed by atoms with van der Waals surface area (Å²) >= 11 is 6.09. The number of aromatic carboxylic acids is 1. The summed E-state index contributed by atoms with van der Waals surface area (Å²) in [6.45, 7) is 4.99. The van der Waals surface area contributed by atoms with Gasteiger partial charge in [0.25, 0.3) is 0 Å². The number of carboxylic acids is 1. The van der Waals surface area contributed by atoms with Gasteiger partial charge in [-0.25, -0.2) is 9.59 Å². The number of Topliss-reactive ketones (excluding diaryl/α,β-unsaturated/α-hetero) is 1. The van der Waals surface area contributed by atoms with Crippen LogP contribution < -0.4 is 4.90 Å². The third kappa shape index (κ3) is 5.24. The number of fused-ring (bicyclic) bond motifs is 1. The Bertz CT molecular complexity index is 1410. The molecule has 3 aromatic rings. The fraction of sp³-hybridized carbons (Fsp3) is 0.308. The number of aromatic nitrogens is 2. The van der Waals surface area contributed by atoms with Gasteiger partial charge in [-0.05, 0) is 51.5 Å². The van der Waals surface area contributed by atoms with Gasteiger partial charge >= 0.3 is 18.2 Å². The molecule has 0 spiro atoms. The molecule has 0 bridgehead atoms. The number of carbonyl (C=O) groups is 3. The van der Waals surface area contributed by atoms with Crippen LogP contribution in [0.5, 0.6) is 0 Å². The molecule has 0 saturated heterocycles. The lowest BCUT2D eigenvalue weighted by atomic mass is 9.85. The van der Waals surface area contributed by atoms with Crippen molar-refractivity contribution in [1.29, 1.82) is 0 Å². The van der Waals surface area contributed by atoms with Crippen molar-refractivity contribution < 1.29 is 37.4 Å². The Morgan fingerprint density at radius 3 is 2.34 bits per heavy atom. The number of halogens is 4. The van der Waals surface area contributed by atoms with Crippen LogP contribution >= 0.6 is 11.6 Å². The molecule has 2 heterocycles. The Labute approximate surface area is 220 Å². The van der Waals surface area contributed by atoms with Gasteiger partial charge in [-0.3, -0.25) is 14.8 Å². The summed E-state index contributed by atoms with van der Waals surface area (Å²) < 4.78 is 46.8. The second-order valence-electron chi connectivity index (χ2n) is 9.71. The Morgan fingerprint density at radius 1 is 1.11 bits per heavy atom. The lowest BCUT2D eigenvalue weighted by molar-refractivity contribution is -0.137. The highest BCUT2D eigenvalue weighted by Gasteiger charge is 2.43. The molecule has 1 unspecified atom stereocenters. The van der Waals surface area contributed by atoms with Crippen molar-refractivity contribution in [2.24, 2.45) is 0 Å². The summed E-state index contributed by atoms with van der Waals surface area (Å²) in [6.07, 6.45) is -5.57. The number of ether oxygens (including phenoxy) is 1. The van der Waals surface area contributed by atoms with E-state index in [1.165, 1.54) is 35.2 Å². The molecule has 2 N–H and O–H groups in total. The number of anilines is 1. The monoisotopic (exact) mass is 549 g/mol. The maximum absolute atomic E-state index is 13.7. The number of nitrogens with one attached hydrogen (secondary N) is 1. The molecule has 1 aliphatic heterocycles. The molecule has 8 nitrogen and oxygen atoms in total. The molecule has 1 amide bonds. The molecular weight excluding hydrogens is 527 g/mol. The Hall–Kier alpha value is -3.86. The lowest BCUT2D eigenvalue weighted by Gasteiger charge is -2.33. The van der Waals surface area contributed by atoms with Crippen molar-refractivity contribution in [3.63, 3.8) is 0 Å². The van der Waals surface area contributed by atoms with Crippen LogP contribution in [0.3, 0.4) is 0 Å². The van der Waals surface area contributed by atoms with E-state index < -0.39 is 46.7 Å². The summed E-state index contributed by atoms with van der Waals surface area (Å²) in [6, 6.07) is 8.78. The number of carbonyl (C=O) groups excluding carboxylic acids is 2. The smallest absolute Gasteiger partial charge is 0.417 e. The first-order valence-corrected chi connectivity index (χ1v) is 11.9. The Balaban J connectivity index is 1.85. The van der Waals surface area contributed by atoms with Crippen LogP contribution in [0.4, 0.5) is 23.7 Å². The summed E-state index contributed by atoms with van der Waals surface area (Å²) in [7, 11) is 0. The number of amides is 1. The quantitative estimate of drug-likeness (QED) is 0.356. The molecular formula is C26H23ClF3N3O5. The molecule has 38 heavy (non-hydrogen) atoms. The highest BCUT2D eigenvalue weighted by atomic mass is 35.5. The van der Waals surface area contributed by atoms with Crippen LogP contribution in [0.25, 0.3) is 11.3 Å². The van der Waals surface area contributed by atoms with Gasteiger partial charge in [0, 0.05) is 17.7 Å². The van der Waals surface area contributed by atoms with Gasteiger partial charge in [0.05, 0.1) is 33.4 Å². The topological polar surface area (TPSA) is 113 Å². The van der Waals surface area contributed by atoms with Crippen LogP contribution in [-0.2, 0) is 10.9 Å². The maximum Gasteiger partial charge on any atom is 0.417 e. The Morgan fingerprint density at radius 2 is 1.76 bits per heavy atom. The summed E-state index contributed by atoms with van der Waals surface area (Å²) in [4.78, 5) is 39.2. The van der Waals surface area contributed by atoms with Crippen molar-refractivity contribution in [2.45, 2.75) is 44.9 Å². The minimum absolute atomic E-state index is 0.0207. The zero-order valence-corrected chi connectivity index (χ0v) is 21.3. The maximum atomic E-state index is 13.7. The van der Waals surface area contributed by atoms with Crippen molar-refractivity contribution in [3.05, 3.63) is 69.9 Å². The highest BCUT2D eigenvalue weighted by molar-refractivity contribution is 6.34. The fourth-order valence-corrected chi connectivity index (χ4v) is 4.57. The zero-order valence-electron chi connectivity index (χ0n) is 20.5. The number of carboxylic acid groups (broad SMARTS) is 1. The van der Waals surface area contributed by atoms with Crippen molar-refractivity contribution in [3.8, 4) is 11.3 Å². The van der Waals surface area contributed by atoms with Crippen LogP contribution in [0.2, 0.25) is 5.02 Å². The molecule has 4 rings (SSSR count). The molecule has 0 aliphatic carbocycles. The predicted octanol–water partition coefficient (Wildman–Crippen LogP) is 6.56.